The van der Waals surface area contributed by atoms with Crippen molar-refractivity contribution in [1.82, 2.24) is 15.1 Å². The van der Waals surface area contributed by atoms with E-state index in [9.17, 15) is 4.39 Å². The van der Waals surface area contributed by atoms with E-state index in [1.807, 2.05) is 6.07 Å². The van der Waals surface area contributed by atoms with Gasteiger partial charge in [0.15, 0.2) is 0 Å². The van der Waals surface area contributed by atoms with Crippen molar-refractivity contribution in [1.29, 1.82) is 5.26 Å². The number of nitrogens with zero attached hydrogens (tertiary/aromatic N) is 3. The third-order valence-electron chi connectivity index (χ3n) is 2.56. The van der Waals surface area contributed by atoms with E-state index in [1.54, 1.807) is 24.4 Å². The highest BCUT2D eigenvalue weighted by Gasteiger charge is 2.12. The lowest BCUT2D eigenvalue weighted by atomic mass is 10.2. The lowest BCUT2D eigenvalue weighted by Gasteiger charge is -1.92. The van der Waals surface area contributed by atoms with E-state index in [2.05, 4.69) is 15.1 Å². The number of aromatic amines is 1. The average Bonchev–Trinajstić information content (AvgIpc) is 3.07. The standard InChI is InChI=1S/C13H7FN4O/c14-10-3-1-2-8(4-10)12-17-13(19-18-12)9-5-11(6-15)16-7-9/h1-5,7,16H. The Hall–Kier alpha value is -2.94. The monoisotopic (exact) mass is 254 g/mol. The Labute approximate surface area is 107 Å². The number of benzene rings is 1. The molecule has 2 heterocycles. The van der Waals surface area contributed by atoms with Gasteiger partial charge in [0, 0.05) is 11.8 Å². The molecule has 92 valence electrons. The molecule has 0 unspecified atom stereocenters. The highest BCUT2D eigenvalue weighted by molar-refractivity contribution is 5.60. The number of hydrogen-bond donors (Lipinski definition) is 1. The summed E-state index contributed by atoms with van der Waals surface area (Å²) in [5.74, 6) is 0.212. The number of nitriles is 1. The molecule has 0 atom stereocenters. The molecular formula is C13H7FN4O. The van der Waals surface area contributed by atoms with Crippen LogP contribution in [0.15, 0.2) is 41.1 Å². The van der Waals surface area contributed by atoms with Gasteiger partial charge in [-0.25, -0.2) is 4.39 Å². The van der Waals surface area contributed by atoms with Gasteiger partial charge in [-0.15, -0.1) is 0 Å². The normalized spacial score (nSPS) is 10.3. The Morgan fingerprint density at radius 1 is 1.26 bits per heavy atom. The largest absolute Gasteiger partial charge is 0.352 e. The predicted octanol–water partition coefficient (Wildman–Crippen LogP) is 2.74. The molecule has 0 radical (unpaired) electrons. The Kier molecular flexibility index (Phi) is 2.58. The first-order valence-corrected chi connectivity index (χ1v) is 5.45. The van der Waals surface area contributed by atoms with E-state index in [-0.39, 0.29) is 11.7 Å². The molecule has 0 fully saturated rings. The van der Waals surface area contributed by atoms with Gasteiger partial charge in [0.1, 0.15) is 17.6 Å². The van der Waals surface area contributed by atoms with Gasteiger partial charge in [-0.05, 0) is 18.2 Å². The molecule has 19 heavy (non-hydrogen) atoms. The van der Waals surface area contributed by atoms with Crippen molar-refractivity contribution in [3.8, 4) is 28.9 Å². The van der Waals surface area contributed by atoms with E-state index in [0.717, 1.165) is 0 Å². The van der Waals surface area contributed by atoms with Crippen LogP contribution in [0.1, 0.15) is 5.69 Å². The molecule has 3 rings (SSSR count). The van der Waals surface area contributed by atoms with Gasteiger partial charge >= 0.3 is 0 Å². The minimum atomic E-state index is -0.364. The van der Waals surface area contributed by atoms with Gasteiger partial charge in [-0.1, -0.05) is 17.3 Å². The molecule has 0 spiro atoms. The summed E-state index contributed by atoms with van der Waals surface area (Å²) in [6, 6.07) is 9.50. The third kappa shape index (κ3) is 2.09. The van der Waals surface area contributed by atoms with Crippen LogP contribution in [0, 0.1) is 17.1 Å². The second-order valence-electron chi connectivity index (χ2n) is 3.85. The fourth-order valence-electron chi connectivity index (χ4n) is 1.67. The zero-order chi connectivity index (χ0) is 13.2. The number of rotatable bonds is 2. The highest BCUT2D eigenvalue weighted by atomic mass is 19.1. The van der Waals surface area contributed by atoms with Gasteiger partial charge < -0.3 is 9.51 Å². The Bertz CT molecular complexity index is 769. The first-order valence-electron chi connectivity index (χ1n) is 5.45. The quantitative estimate of drug-likeness (QED) is 0.762. The zero-order valence-corrected chi connectivity index (χ0v) is 9.59. The van der Waals surface area contributed by atoms with Crippen molar-refractivity contribution >= 4 is 0 Å². The Balaban J connectivity index is 1.97. The van der Waals surface area contributed by atoms with Crippen LogP contribution in [0.4, 0.5) is 4.39 Å². The van der Waals surface area contributed by atoms with E-state index in [4.69, 9.17) is 9.78 Å². The van der Waals surface area contributed by atoms with Crippen molar-refractivity contribution in [3.63, 3.8) is 0 Å². The predicted molar refractivity (Wildman–Crippen MR) is 64.2 cm³/mol. The summed E-state index contributed by atoms with van der Waals surface area (Å²) in [5.41, 5.74) is 1.55. The summed E-state index contributed by atoms with van der Waals surface area (Å²) < 4.78 is 18.2. The van der Waals surface area contributed by atoms with Crippen LogP contribution in [0.3, 0.4) is 0 Å². The number of halogens is 1. The minimum Gasteiger partial charge on any atom is -0.352 e. The molecule has 0 bridgehead atoms. The second-order valence-corrected chi connectivity index (χ2v) is 3.85. The summed E-state index contributed by atoms with van der Waals surface area (Å²) in [5, 5.41) is 12.5. The number of nitrogens with one attached hydrogen (secondary N) is 1. The molecular weight excluding hydrogens is 247 g/mol. The summed E-state index contributed by atoms with van der Waals surface area (Å²) >= 11 is 0. The first kappa shape index (κ1) is 11.2. The van der Waals surface area contributed by atoms with Crippen LogP contribution < -0.4 is 0 Å². The molecule has 2 aromatic heterocycles. The van der Waals surface area contributed by atoms with Gasteiger partial charge in [0.05, 0.1) is 5.56 Å². The fourth-order valence-corrected chi connectivity index (χ4v) is 1.67. The smallest absolute Gasteiger partial charge is 0.259 e. The Morgan fingerprint density at radius 3 is 2.89 bits per heavy atom. The number of hydrogen-bond acceptors (Lipinski definition) is 4. The lowest BCUT2D eigenvalue weighted by molar-refractivity contribution is 0.432. The van der Waals surface area contributed by atoms with Crippen LogP contribution >= 0.6 is 0 Å². The van der Waals surface area contributed by atoms with Crippen LogP contribution in [-0.4, -0.2) is 15.1 Å². The molecule has 6 heteroatoms. The number of H-pyrrole nitrogens is 1. The first-order chi connectivity index (χ1) is 9.26. The zero-order valence-electron chi connectivity index (χ0n) is 9.59. The molecule has 1 N–H and O–H groups in total. The molecule has 0 saturated carbocycles. The van der Waals surface area contributed by atoms with Crippen molar-refractivity contribution in [2.24, 2.45) is 0 Å². The molecule has 0 amide bonds. The topological polar surface area (TPSA) is 78.5 Å². The molecule has 3 aromatic rings. The molecule has 0 aliphatic carbocycles. The van der Waals surface area contributed by atoms with Gasteiger partial charge in [-0.3, -0.25) is 0 Å². The van der Waals surface area contributed by atoms with E-state index in [1.165, 1.54) is 12.1 Å². The lowest BCUT2D eigenvalue weighted by Crippen LogP contribution is -1.82. The SMILES string of the molecule is N#Cc1cc(-c2nc(-c3cccc(F)c3)no2)c[nH]1. The highest BCUT2D eigenvalue weighted by Crippen LogP contribution is 2.22. The van der Waals surface area contributed by atoms with Gasteiger partial charge in [0.2, 0.25) is 5.82 Å². The van der Waals surface area contributed by atoms with Crippen LogP contribution in [0.2, 0.25) is 0 Å². The van der Waals surface area contributed by atoms with Crippen molar-refractivity contribution in [3.05, 3.63) is 48.0 Å². The fraction of sp³-hybridized carbons (Fsp3) is 0. The van der Waals surface area contributed by atoms with E-state index < -0.39 is 0 Å². The van der Waals surface area contributed by atoms with Crippen molar-refractivity contribution < 1.29 is 8.91 Å². The van der Waals surface area contributed by atoms with Crippen LogP contribution in [0.25, 0.3) is 22.8 Å². The Morgan fingerprint density at radius 2 is 2.16 bits per heavy atom. The molecule has 0 aliphatic rings. The molecule has 5 nitrogen and oxygen atoms in total. The maximum absolute atomic E-state index is 13.1. The summed E-state index contributed by atoms with van der Waals surface area (Å²) in [4.78, 5) is 6.93. The van der Waals surface area contributed by atoms with Gasteiger partial charge in [0.25, 0.3) is 5.89 Å². The molecule has 0 saturated heterocycles. The number of aromatic nitrogens is 3. The summed E-state index contributed by atoms with van der Waals surface area (Å²) in [6.45, 7) is 0. The summed E-state index contributed by atoms with van der Waals surface area (Å²) in [6.07, 6.45) is 1.60. The van der Waals surface area contributed by atoms with Crippen molar-refractivity contribution in [2.45, 2.75) is 0 Å². The second kappa shape index (κ2) is 4.38. The third-order valence-corrected chi connectivity index (χ3v) is 2.56. The maximum atomic E-state index is 13.1. The summed E-state index contributed by atoms with van der Waals surface area (Å²) in [7, 11) is 0. The molecule has 0 aliphatic heterocycles. The minimum absolute atomic E-state index is 0.275. The van der Waals surface area contributed by atoms with Crippen LogP contribution in [-0.2, 0) is 0 Å². The van der Waals surface area contributed by atoms with E-state index in [0.29, 0.717) is 22.6 Å². The maximum Gasteiger partial charge on any atom is 0.259 e. The van der Waals surface area contributed by atoms with Crippen LogP contribution in [0.5, 0.6) is 0 Å². The van der Waals surface area contributed by atoms with Gasteiger partial charge in [-0.2, -0.15) is 10.2 Å². The molecule has 1 aromatic carbocycles. The average molecular weight is 254 g/mol. The van der Waals surface area contributed by atoms with Crippen molar-refractivity contribution in [2.75, 3.05) is 0 Å². The van der Waals surface area contributed by atoms with E-state index >= 15 is 0 Å².